The molecule has 1 aliphatic rings. The number of aliphatic hydroxyl groups is 1. The van der Waals surface area contributed by atoms with Gasteiger partial charge in [0, 0.05) is 11.1 Å². The highest BCUT2D eigenvalue weighted by Crippen LogP contribution is 2.32. The van der Waals surface area contributed by atoms with Gasteiger partial charge in [-0.25, -0.2) is 4.98 Å². The maximum atomic E-state index is 11.8. The summed E-state index contributed by atoms with van der Waals surface area (Å²) < 4.78 is 0. The number of hydrogen-bond donors (Lipinski definition) is 2. The second kappa shape index (κ2) is 5.14. The first kappa shape index (κ1) is 12.5. The maximum Gasteiger partial charge on any atom is 0.229 e. The summed E-state index contributed by atoms with van der Waals surface area (Å²) in [5.74, 6) is -0.133. The number of nitrogens with zero attached hydrogens (tertiary/aromatic N) is 1. The van der Waals surface area contributed by atoms with Gasteiger partial charge < -0.3 is 10.4 Å². The fraction of sp³-hybridized carbons (Fsp3) is 0.667. The Morgan fingerprint density at radius 3 is 2.88 bits per heavy atom. The standard InChI is InChI=1S/C12H18N2O2S/c1-2-9-8-13-11(17-9)14-10(15)7-12(16)5-3-4-6-12/h8,16H,2-7H2,1H3,(H,13,14,15). The van der Waals surface area contributed by atoms with Crippen LogP contribution in [0.15, 0.2) is 6.20 Å². The Morgan fingerprint density at radius 1 is 1.59 bits per heavy atom. The number of aromatic nitrogens is 1. The molecule has 0 aliphatic heterocycles. The smallest absolute Gasteiger partial charge is 0.229 e. The Morgan fingerprint density at radius 2 is 2.29 bits per heavy atom. The quantitative estimate of drug-likeness (QED) is 0.867. The first-order valence-electron chi connectivity index (χ1n) is 6.08. The summed E-state index contributed by atoms with van der Waals surface area (Å²) in [4.78, 5) is 17.0. The van der Waals surface area contributed by atoms with Gasteiger partial charge >= 0.3 is 0 Å². The Labute approximate surface area is 105 Å². The van der Waals surface area contributed by atoms with E-state index in [9.17, 15) is 9.90 Å². The molecule has 2 rings (SSSR count). The van der Waals surface area contributed by atoms with Gasteiger partial charge in [-0.05, 0) is 19.3 Å². The molecule has 94 valence electrons. The molecular weight excluding hydrogens is 236 g/mol. The van der Waals surface area contributed by atoms with Gasteiger partial charge in [0.2, 0.25) is 5.91 Å². The zero-order valence-corrected chi connectivity index (χ0v) is 10.8. The predicted octanol–water partition coefficient (Wildman–Crippen LogP) is 2.34. The normalized spacial score (nSPS) is 18.2. The second-order valence-electron chi connectivity index (χ2n) is 4.64. The monoisotopic (exact) mass is 254 g/mol. The first-order chi connectivity index (χ1) is 8.11. The fourth-order valence-electron chi connectivity index (χ4n) is 2.20. The van der Waals surface area contributed by atoms with Crippen molar-refractivity contribution in [2.24, 2.45) is 0 Å². The van der Waals surface area contributed by atoms with Crippen LogP contribution in [0.2, 0.25) is 0 Å². The van der Waals surface area contributed by atoms with Crippen LogP contribution >= 0.6 is 11.3 Å². The van der Waals surface area contributed by atoms with Crippen LogP contribution in [0.1, 0.15) is 43.9 Å². The summed E-state index contributed by atoms with van der Waals surface area (Å²) >= 11 is 1.49. The Hall–Kier alpha value is -0.940. The summed E-state index contributed by atoms with van der Waals surface area (Å²) in [6, 6.07) is 0. The summed E-state index contributed by atoms with van der Waals surface area (Å²) in [6.07, 6.45) is 6.40. The van der Waals surface area contributed by atoms with Crippen LogP contribution < -0.4 is 5.32 Å². The van der Waals surface area contributed by atoms with E-state index in [2.05, 4.69) is 17.2 Å². The molecule has 1 aliphatic carbocycles. The number of thiazole rings is 1. The van der Waals surface area contributed by atoms with Crippen molar-refractivity contribution < 1.29 is 9.90 Å². The molecular formula is C12H18N2O2S. The van der Waals surface area contributed by atoms with E-state index in [-0.39, 0.29) is 12.3 Å². The SMILES string of the molecule is CCc1cnc(NC(=O)CC2(O)CCCC2)s1. The molecule has 0 spiro atoms. The number of carbonyl (C=O) groups excluding carboxylic acids is 1. The van der Waals surface area contributed by atoms with E-state index in [0.29, 0.717) is 5.13 Å². The maximum absolute atomic E-state index is 11.8. The zero-order chi connectivity index (χ0) is 12.3. The molecule has 1 amide bonds. The highest BCUT2D eigenvalue weighted by molar-refractivity contribution is 7.15. The summed E-state index contributed by atoms with van der Waals surface area (Å²) in [5, 5.41) is 13.5. The Kier molecular flexibility index (Phi) is 3.79. The van der Waals surface area contributed by atoms with Gasteiger partial charge in [-0.15, -0.1) is 11.3 Å². The van der Waals surface area contributed by atoms with Crippen LogP contribution in [0, 0.1) is 0 Å². The van der Waals surface area contributed by atoms with Crippen molar-refractivity contribution in [1.29, 1.82) is 0 Å². The Balaban J connectivity index is 1.88. The van der Waals surface area contributed by atoms with Gasteiger partial charge in [-0.3, -0.25) is 4.79 Å². The molecule has 0 atom stereocenters. The van der Waals surface area contributed by atoms with Gasteiger partial charge in [-0.1, -0.05) is 19.8 Å². The van der Waals surface area contributed by atoms with Crippen LogP contribution in [0.25, 0.3) is 0 Å². The van der Waals surface area contributed by atoms with Crippen molar-refractivity contribution in [2.75, 3.05) is 5.32 Å². The lowest BCUT2D eigenvalue weighted by atomic mass is 9.98. The average molecular weight is 254 g/mol. The number of rotatable bonds is 4. The van der Waals surface area contributed by atoms with Crippen molar-refractivity contribution >= 4 is 22.4 Å². The molecule has 1 fully saturated rings. The van der Waals surface area contributed by atoms with E-state index >= 15 is 0 Å². The summed E-state index contributed by atoms with van der Waals surface area (Å²) in [6.45, 7) is 2.06. The molecule has 0 bridgehead atoms. The fourth-order valence-corrected chi connectivity index (χ4v) is 2.97. The molecule has 0 aromatic carbocycles. The van der Waals surface area contributed by atoms with Crippen molar-refractivity contribution in [3.8, 4) is 0 Å². The first-order valence-corrected chi connectivity index (χ1v) is 6.90. The van der Waals surface area contributed by atoms with E-state index in [1.165, 1.54) is 11.3 Å². The van der Waals surface area contributed by atoms with E-state index in [4.69, 9.17) is 0 Å². The highest BCUT2D eigenvalue weighted by Gasteiger charge is 2.33. The van der Waals surface area contributed by atoms with Crippen LogP contribution in [0.5, 0.6) is 0 Å². The third kappa shape index (κ3) is 3.26. The van der Waals surface area contributed by atoms with E-state index in [1.54, 1.807) is 6.20 Å². The molecule has 17 heavy (non-hydrogen) atoms. The topological polar surface area (TPSA) is 62.2 Å². The minimum atomic E-state index is -0.783. The number of nitrogens with one attached hydrogen (secondary N) is 1. The summed E-state index contributed by atoms with van der Waals surface area (Å²) in [5.41, 5.74) is -0.783. The highest BCUT2D eigenvalue weighted by atomic mass is 32.1. The largest absolute Gasteiger partial charge is 0.389 e. The van der Waals surface area contributed by atoms with Crippen molar-refractivity contribution in [1.82, 2.24) is 4.98 Å². The lowest BCUT2D eigenvalue weighted by Gasteiger charge is -2.20. The van der Waals surface area contributed by atoms with Crippen molar-refractivity contribution in [2.45, 2.75) is 51.0 Å². The summed E-state index contributed by atoms with van der Waals surface area (Å²) in [7, 11) is 0. The van der Waals surface area contributed by atoms with E-state index in [1.807, 2.05) is 0 Å². The van der Waals surface area contributed by atoms with Crippen LogP contribution in [-0.4, -0.2) is 21.6 Å². The Bertz CT molecular complexity index is 397. The molecule has 1 saturated carbocycles. The molecule has 0 unspecified atom stereocenters. The average Bonchev–Trinajstić information content (AvgIpc) is 2.87. The zero-order valence-electron chi connectivity index (χ0n) is 10.0. The van der Waals surface area contributed by atoms with E-state index < -0.39 is 5.60 Å². The van der Waals surface area contributed by atoms with Crippen molar-refractivity contribution in [3.05, 3.63) is 11.1 Å². The third-order valence-electron chi connectivity index (χ3n) is 3.17. The van der Waals surface area contributed by atoms with Crippen LogP contribution in [-0.2, 0) is 11.2 Å². The van der Waals surface area contributed by atoms with Gasteiger partial charge in [0.1, 0.15) is 0 Å². The van der Waals surface area contributed by atoms with E-state index in [0.717, 1.165) is 37.0 Å². The third-order valence-corrected chi connectivity index (χ3v) is 4.23. The number of anilines is 1. The molecule has 1 heterocycles. The van der Waals surface area contributed by atoms with Gasteiger partial charge in [0.05, 0.1) is 12.0 Å². The number of carbonyl (C=O) groups is 1. The molecule has 4 nitrogen and oxygen atoms in total. The lowest BCUT2D eigenvalue weighted by Crippen LogP contribution is -2.30. The predicted molar refractivity (Wildman–Crippen MR) is 68.2 cm³/mol. The molecule has 2 N–H and O–H groups in total. The van der Waals surface area contributed by atoms with Crippen LogP contribution in [0.3, 0.4) is 0 Å². The van der Waals surface area contributed by atoms with Gasteiger partial charge in [-0.2, -0.15) is 0 Å². The molecule has 1 aromatic rings. The van der Waals surface area contributed by atoms with Crippen LogP contribution in [0.4, 0.5) is 5.13 Å². The minimum Gasteiger partial charge on any atom is -0.389 e. The number of aryl methyl sites for hydroxylation is 1. The molecule has 0 radical (unpaired) electrons. The second-order valence-corrected chi connectivity index (χ2v) is 5.76. The number of hydrogen-bond acceptors (Lipinski definition) is 4. The van der Waals surface area contributed by atoms with Gasteiger partial charge in [0.15, 0.2) is 5.13 Å². The molecule has 1 aromatic heterocycles. The van der Waals surface area contributed by atoms with Crippen molar-refractivity contribution in [3.63, 3.8) is 0 Å². The lowest BCUT2D eigenvalue weighted by molar-refractivity contribution is -0.120. The number of amides is 1. The van der Waals surface area contributed by atoms with Gasteiger partial charge in [0.25, 0.3) is 0 Å². The minimum absolute atomic E-state index is 0.133. The molecule has 0 saturated heterocycles. The molecule has 5 heteroatoms.